The highest BCUT2D eigenvalue weighted by Gasteiger charge is 2.20. The SMILES string of the molecule is CCCNC(Cc1c(Br)c(CC)nn1C)c1cscc1C. The van der Waals surface area contributed by atoms with Crippen molar-refractivity contribution in [2.45, 2.75) is 46.1 Å². The Morgan fingerprint density at radius 2 is 2.14 bits per heavy atom. The molecule has 0 aromatic carbocycles. The van der Waals surface area contributed by atoms with Gasteiger partial charge < -0.3 is 5.32 Å². The van der Waals surface area contributed by atoms with Crippen LogP contribution in [0, 0.1) is 6.92 Å². The Balaban J connectivity index is 2.27. The summed E-state index contributed by atoms with van der Waals surface area (Å²) in [5, 5.41) is 12.8. The number of thiophene rings is 1. The van der Waals surface area contributed by atoms with Crippen molar-refractivity contribution in [2.75, 3.05) is 6.54 Å². The summed E-state index contributed by atoms with van der Waals surface area (Å²) in [5.41, 5.74) is 5.21. The molecule has 2 aromatic rings. The minimum Gasteiger partial charge on any atom is -0.310 e. The van der Waals surface area contributed by atoms with E-state index in [1.54, 1.807) is 11.3 Å². The Morgan fingerprint density at radius 1 is 1.38 bits per heavy atom. The van der Waals surface area contributed by atoms with Crippen LogP contribution in [0.25, 0.3) is 0 Å². The molecule has 0 radical (unpaired) electrons. The highest BCUT2D eigenvalue weighted by molar-refractivity contribution is 9.10. The first-order valence-electron chi connectivity index (χ1n) is 7.54. The first-order valence-corrected chi connectivity index (χ1v) is 9.28. The number of aromatic nitrogens is 2. The molecule has 0 aliphatic rings. The molecule has 0 amide bonds. The summed E-state index contributed by atoms with van der Waals surface area (Å²) in [4.78, 5) is 0. The minimum atomic E-state index is 0.354. The van der Waals surface area contributed by atoms with E-state index in [-0.39, 0.29) is 0 Å². The van der Waals surface area contributed by atoms with Crippen molar-refractivity contribution in [1.82, 2.24) is 15.1 Å². The predicted molar refractivity (Wildman–Crippen MR) is 94.1 cm³/mol. The molecule has 0 saturated heterocycles. The van der Waals surface area contributed by atoms with Gasteiger partial charge in [0.25, 0.3) is 0 Å². The van der Waals surface area contributed by atoms with Gasteiger partial charge >= 0.3 is 0 Å². The van der Waals surface area contributed by atoms with Gasteiger partial charge in [-0.3, -0.25) is 4.68 Å². The van der Waals surface area contributed by atoms with Crippen LogP contribution in [0.3, 0.4) is 0 Å². The normalized spacial score (nSPS) is 12.8. The van der Waals surface area contributed by atoms with E-state index in [4.69, 9.17) is 0 Å². The van der Waals surface area contributed by atoms with Crippen molar-refractivity contribution >= 4 is 27.3 Å². The zero-order chi connectivity index (χ0) is 15.4. The summed E-state index contributed by atoms with van der Waals surface area (Å²) in [6.45, 7) is 7.59. The van der Waals surface area contributed by atoms with Crippen LogP contribution in [0.4, 0.5) is 0 Å². The Kier molecular flexibility index (Phi) is 6.02. The summed E-state index contributed by atoms with van der Waals surface area (Å²) < 4.78 is 3.19. The smallest absolute Gasteiger partial charge is 0.0766 e. The van der Waals surface area contributed by atoms with Crippen molar-refractivity contribution < 1.29 is 0 Å². The lowest BCUT2D eigenvalue weighted by Crippen LogP contribution is -2.25. The Labute approximate surface area is 139 Å². The average Bonchev–Trinajstić information content (AvgIpc) is 3.00. The summed E-state index contributed by atoms with van der Waals surface area (Å²) in [6, 6.07) is 0.354. The lowest BCUT2D eigenvalue weighted by Gasteiger charge is -2.19. The van der Waals surface area contributed by atoms with E-state index in [2.05, 4.69) is 57.9 Å². The fourth-order valence-corrected chi connectivity index (χ4v) is 4.26. The average molecular weight is 370 g/mol. The van der Waals surface area contributed by atoms with Crippen LogP contribution < -0.4 is 5.32 Å². The van der Waals surface area contributed by atoms with Crippen molar-refractivity contribution in [3.05, 3.63) is 37.7 Å². The van der Waals surface area contributed by atoms with E-state index in [0.717, 1.165) is 31.5 Å². The third-order valence-corrected chi connectivity index (χ3v) is 5.61. The van der Waals surface area contributed by atoms with E-state index in [1.807, 2.05) is 11.7 Å². The van der Waals surface area contributed by atoms with Gasteiger partial charge in [0.1, 0.15) is 0 Å². The second kappa shape index (κ2) is 7.56. The fourth-order valence-electron chi connectivity index (χ4n) is 2.57. The Morgan fingerprint density at radius 3 is 2.67 bits per heavy atom. The van der Waals surface area contributed by atoms with Crippen molar-refractivity contribution in [3.8, 4) is 0 Å². The maximum atomic E-state index is 4.61. The number of rotatable bonds is 7. The number of hydrogen-bond donors (Lipinski definition) is 1. The zero-order valence-electron chi connectivity index (χ0n) is 13.2. The molecule has 0 aliphatic carbocycles. The van der Waals surface area contributed by atoms with Gasteiger partial charge in [0.15, 0.2) is 0 Å². The van der Waals surface area contributed by atoms with Crippen LogP contribution in [0.2, 0.25) is 0 Å². The summed E-state index contributed by atoms with van der Waals surface area (Å²) >= 11 is 5.51. The van der Waals surface area contributed by atoms with Crippen molar-refractivity contribution in [2.24, 2.45) is 7.05 Å². The van der Waals surface area contributed by atoms with E-state index in [1.165, 1.54) is 21.3 Å². The molecule has 1 atom stereocenters. The molecule has 5 heteroatoms. The Hall–Kier alpha value is -0.650. The predicted octanol–water partition coefficient (Wildman–Crippen LogP) is 4.40. The minimum absolute atomic E-state index is 0.354. The Bertz CT molecular complexity index is 588. The van der Waals surface area contributed by atoms with Gasteiger partial charge in [-0.1, -0.05) is 13.8 Å². The maximum Gasteiger partial charge on any atom is 0.0766 e. The van der Waals surface area contributed by atoms with Crippen LogP contribution in [0.15, 0.2) is 15.2 Å². The number of nitrogens with zero attached hydrogens (tertiary/aromatic N) is 2. The molecule has 116 valence electrons. The van der Waals surface area contributed by atoms with E-state index < -0.39 is 0 Å². The molecule has 3 nitrogen and oxygen atoms in total. The van der Waals surface area contributed by atoms with Gasteiger partial charge in [-0.05, 0) is 64.1 Å². The van der Waals surface area contributed by atoms with Crippen LogP contribution in [0.5, 0.6) is 0 Å². The van der Waals surface area contributed by atoms with Crippen molar-refractivity contribution in [3.63, 3.8) is 0 Å². The number of hydrogen-bond acceptors (Lipinski definition) is 3. The van der Waals surface area contributed by atoms with Gasteiger partial charge in [-0.25, -0.2) is 0 Å². The van der Waals surface area contributed by atoms with Gasteiger partial charge in [-0.2, -0.15) is 16.4 Å². The van der Waals surface area contributed by atoms with Crippen LogP contribution in [-0.4, -0.2) is 16.3 Å². The second-order valence-electron chi connectivity index (χ2n) is 5.41. The monoisotopic (exact) mass is 369 g/mol. The molecule has 2 heterocycles. The molecule has 0 bridgehead atoms. The number of aryl methyl sites for hydroxylation is 3. The lowest BCUT2D eigenvalue weighted by molar-refractivity contribution is 0.511. The van der Waals surface area contributed by atoms with Gasteiger partial charge in [-0.15, -0.1) is 0 Å². The van der Waals surface area contributed by atoms with E-state index >= 15 is 0 Å². The summed E-state index contributed by atoms with van der Waals surface area (Å²) in [5.74, 6) is 0. The van der Waals surface area contributed by atoms with Gasteiger partial charge in [0, 0.05) is 19.5 Å². The van der Waals surface area contributed by atoms with E-state index in [0.29, 0.717) is 6.04 Å². The first kappa shape index (κ1) is 16.7. The standard InChI is InChI=1S/C16H24BrN3S/c1-5-7-18-14(12-10-21-9-11(12)3)8-15-16(17)13(6-2)19-20(15)4/h9-10,14,18H,5-8H2,1-4H3. The molecule has 0 saturated carbocycles. The molecular weight excluding hydrogens is 346 g/mol. The maximum absolute atomic E-state index is 4.61. The molecule has 0 fully saturated rings. The summed E-state index contributed by atoms with van der Waals surface area (Å²) in [7, 11) is 2.04. The van der Waals surface area contributed by atoms with Crippen molar-refractivity contribution in [1.29, 1.82) is 0 Å². The first-order chi connectivity index (χ1) is 10.1. The van der Waals surface area contributed by atoms with Crippen LogP contribution in [0.1, 0.15) is 48.8 Å². The quantitative estimate of drug-likeness (QED) is 0.783. The number of halogens is 1. The molecule has 1 unspecified atom stereocenters. The molecular formula is C16H24BrN3S. The second-order valence-corrected chi connectivity index (χ2v) is 6.94. The van der Waals surface area contributed by atoms with Gasteiger partial charge in [0.05, 0.1) is 15.9 Å². The van der Waals surface area contributed by atoms with Crippen LogP contribution in [-0.2, 0) is 19.9 Å². The lowest BCUT2D eigenvalue weighted by atomic mass is 10.0. The highest BCUT2D eigenvalue weighted by Crippen LogP contribution is 2.29. The van der Waals surface area contributed by atoms with Crippen LogP contribution >= 0.6 is 27.3 Å². The fraction of sp³-hybridized carbons (Fsp3) is 0.562. The topological polar surface area (TPSA) is 29.9 Å². The summed E-state index contributed by atoms with van der Waals surface area (Å²) in [6.07, 6.45) is 3.06. The van der Waals surface area contributed by atoms with E-state index in [9.17, 15) is 0 Å². The number of nitrogens with one attached hydrogen (secondary N) is 1. The molecule has 0 aliphatic heterocycles. The molecule has 2 rings (SSSR count). The third kappa shape index (κ3) is 3.76. The highest BCUT2D eigenvalue weighted by atomic mass is 79.9. The third-order valence-electron chi connectivity index (χ3n) is 3.81. The zero-order valence-corrected chi connectivity index (χ0v) is 15.6. The molecule has 0 spiro atoms. The molecule has 1 N–H and O–H groups in total. The van der Waals surface area contributed by atoms with Gasteiger partial charge in [0.2, 0.25) is 0 Å². The molecule has 2 aromatic heterocycles. The molecule has 21 heavy (non-hydrogen) atoms. The largest absolute Gasteiger partial charge is 0.310 e.